The number of carbonyl (C=O) groups excluding carboxylic acids is 2. The number of hydrogen-bond donors (Lipinski definition) is 5. The Morgan fingerprint density at radius 3 is 2.36 bits per heavy atom. The number of anilines is 1. The normalized spacial score (nSPS) is 11.3. The second-order valence-corrected chi connectivity index (χ2v) is 6.72. The lowest BCUT2D eigenvalue weighted by molar-refractivity contribution is -0.116. The van der Waals surface area contributed by atoms with Gasteiger partial charge in [0.2, 0.25) is 5.91 Å². The van der Waals surface area contributed by atoms with E-state index >= 15 is 0 Å². The lowest BCUT2D eigenvalue weighted by atomic mass is 9.99. The van der Waals surface area contributed by atoms with Crippen LogP contribution in [0.25, 0.3) is 0 Å². The van der Waals surface area contributed by atoms with Crippen molar-refractivity contribution in [2.24, 2.45) is 0 Å². The van der Waals surface area contributed by atoms with E-state index in [4.69, 9.17) is 14.8 Å². The largest absolute Gasteiger partial charge is 0.490 e. The molecular weight excluding hydrogens is 363 g/mol. The third-order valence-electron chi connectivity index (χ3n) is 3.31. The van der Waals surface area contributed by atoms with Crippen LogP contribution in [0.1, 0.15) is 50.9 Å². The second-order valence-electron chi connectivity index (χ2n) is 6.72. The highest BCUT2D eigenvalue weighted by Gasteiger charge is 2.13. The monoisotopic (exact) mass is 396 g/mol. The van der Waals surface area contributed by atoms with Crippen LogP contribution in [0.2, 0.25) is 6.82 Å². The fourth-order valence-electron chi connectivity index (χ4n) is 2.08. The van der Waals surface area contributed by atoms with Gasteiger partial charge in [-0.15, -0.1) is 0 Å². The zero-order valence-corrected chi connectivity index (χ0v) is 17.4. The molecule has 1 rings (SSSR count). The van der Waals surface area contributed by atoms with E-state index in [1.807, 2.05) is 20.8 Å². The zero-order valence-electron chi connectivity index (χ0n) is 17.4. The lowest BCUT2D eigenvalue weighted by Gasteiger charge is -2.17. The van der Waals surface area contributed by atoms with Crippen LogP contribution in [0.3, 0.4) is 0 Å². The van der Waals surface area contributed by atoms with Gasteiger partial charge < -0.3 is 30.5 Å². The quantitative estimate of drug-likeness (QED) is 0.299. The van der Waals surface area contributed by atoms with Gasteiger partial charge in [0.05, 0.1) is 5.56 Å². The molecule has 158 valence electrons. The van der Waals surface area contributed by atoms with Crippen molar-refractivity contribution in [3.05, 3.63) is 23.8 Å². The molecule has 1 atom stereocenters. The topological polar surface area (TPSA) is 128 Å². The highest BCUT2D eigenvalue weighted by Crippen LogP contribution is 2.24. The highest BCUT2D eigenvalue weighted by molar-refractivity contribution is 6.38. The molecule has 28 heavy (non-hydrogen) atoms. The minimum Gasteiger partial charge on any atom is -0.490 e. The molecule has 1 aromatic rings. The van der Waals surface area contributed by atoms with Crippen LogP contribution < -0.4 is 15.4 Å². The molecule has 1 aromatic carbocycles. The molecule has 5 N–H and O–H groups in total. The number of aliphatic hydroxyl groups is 1. The number of Topliss-reactive ketones (excluding diaryl/α,β-unsaturated/α-hetero) is 1. The van der Waals surface area contributed by atoms with Crippen molar-refractivity contribution < 1.29 is 29.5 Å². The van der Waals surface area contributed by atoms with E-state index in [0.29, 0.717) is 30.0 Å². The molecule has 0 fully saturated rings. The molecule has 1 unspecified atom stereocenters. The number of ketones is 1. The van der Waals surface area contributed by atoms with Gasteiger partial charge in [0, 0.05) is 24.7 Å². The summed E-state index contributed by atoms with van der Waals surface area (Å²) in [7, 11) is -1.17. The second kappa shape index (κ2) is 14.1. The van der Waals surface area contributed by atoms with E-state index in [1.165, 1.54) is 13.7 Å². The molecule has 0 bridgehead atoms. The first-order valence-corrected chi connectivity index (χ1v) is 9.42. The Balaban J connectivity index is 0.00000165. The van der Waals surface area contributed by atoms with Crippen LogP contribution in [0.4, 0.5) is 5.69 Å². The number of carbonyl (C=O) groups is 2. The highest BCUT2D eigenvalue weighted by atomic mass is 16.5. The summed E-state index contributed by atoms with van der Waals surface area (Å²) < 4.78 is 5.58. The van der Waals surface area contributed by atoms with Gasteiger partial charge in [-0.3, -0.25) is 9.59 Å². The minimum absolute atomic E-state index is 0.0849. The van der Waals surface area contributed by atoms with Crippen LogP contribution in [0, 0.1) is 0 Å². The van der Waals surface area contributed by atoms with Crippen LogP contribution in [0.15, 0.2) is 18.2 Å². The maximum absolute atomic E-state index is 11.8. The zero-order chi connectivity index (χ0) is 21.7. The van der Waals surface area contributed by atoms with Gasteiger partial charge in [0.1, 0.15) is 18.5 Å². The molecule has 0 saturated carbocycles. The Kier molecular flexibility index (Phi) is 13.1. The first-order chi connectivity index (χ1) is 13.1. The predicted molar refractivity (Wildman–Crippen MR) is 111 cm³/mol. The van der Waals surface area contributed by atoms with Crippen molar-refractivity contribution in [1.29, 1.82) is 0 Å². The third-order valence-corrected chi connectivity index (χ3v) is 3.31. The van der Waals surface area contributed by atoms with Crippen LogP contribution in [0.5, 0.6) is 5.75 Å². The summed E-state index contributed by atoms with van der Waals surface area (Å²) in [4.78, 5) is 23.5. The number of hydrogen-bond acceptors (Lipinski definition) is 7. The Morgan fingerprint density at radius 2 is 1.86 bits per heavy atom. The molecular formula is C19H33BN2O6. The number of amides is 1. The molecule has 0 aliphatic rings. The van der Waals surface area contributed by atoms with Crippen molar-refractivity contribution in [3.63, 3.8) is 0 Å². The van der Waals surface area contributed by atoms with Crippen molar-refractivity contribution >= 4 is 24.5 Å². The van der Waals surface area contributed by atoms with Gasteiger partial charge in [-0.2, -0.15) is 0 Å². The van der Waals surface area contributed by atoms with E-state index in [2.05, 4.69) is 10.6 Å². The maximum Gasteiger partial charge on any atom is 0.448 e. The van der Waals surface area contributed by atoms with Crippen molar-refractivity contribution in [1.82, 2.24) is 5.32 Å². The predicted octanol–water partition coefficient (Wildman–Crippen LogP) is 1.45. The van der Waals surface area contributed by atoms with Gasteiger partial charge in [-0.1, -0.05) is 20.8 Å². The first kappa shape index (κ1) is 26.1. The summed E-state index contributed by atoms with van der Waals surface area (Å²) in [6.45, 7) is 9.13. The van der Waals surface area contributed by atoms with E-state index in [-0.39, 0.29) is 24.3 Å². The van der Waals surface area contributed by atoms with E-state index < -0.39 is 13.2 Å². The van der Waals surface area contributed by atoms with Gasteiger partial charge >= 0.3 is 7.12 Å². The summed E-state index contributed by atoms with van der Waals surface area (Å²) in [5.74, 6) is 0.154. The fourth-order valence-corrected chi connectivity index (χ4v) is 2.08. The molecule has 8 nitrogen and oxygen atoms in total. The number of ether oxygens (including phenoxy) is 1. The smallest absolute Gasteiger partial charge is 0.448 e. The number of aliphatic hydroxyl groups excluding tert-OH is 1. The van der Waals surface area contributed by atoms with Gasteiger partial charge in [0.15, 0.2) is 5.78 Å². The summed E-state index contributed by atoms with van der Waals surface area (Å²) in [6.07, 6.45) is 0.522. The average Bonchev–Trinajstić information content (AvgIpc) is 2.58. The molecule has 0 saturated heterocycles. The first-order valence-electron chi connectivity index (χ1n) is 9.42. The van der Waals surface area contributed by atoms with Crippen molar-refractivity contribution in [2.45, 2.75) is 59.5 Å². The van der Waals surface area contributed by atoms with Gasteiger partial charge in [0.25, 0.3) is 0 Å². The standard InChI is InChI=1S/C18H28N2O4.CH5BO2/c1-5-6-18(23)20-14-7-8-17(16(9-14)13(4)21)24-11-15(22)10-19-12(2)3;1-2(3)4/h7-9,12,15,19,22H,5-6,10-11H2,1-4H3,(H,20,23);3-4H,1H3. The van der Waals surface area contributed by atoms with Gasteiger partial charge in [-0.25, -0.2) is 0 Å². The molecule has 0 aliphatic carbocycles. The van der Waals surface area contributed by atoms with E-state index in [0.717, 1.165) is 6.42 Å². The van der Waals surface area contributed by atoms with Crippen LogP contribution in [-0.4, -0.2) is 59.3 Å². The van der Waals surface area contributed by atoms with Crippen molar-refractivity contribution in [3.8, 4) is 5.75 Å². The Labute approximate surface area is 167 Å². The van der Waals surface area contributed by atoms with Crippen molar-refractivity contribution in [2.75, 3.05) is 18.5 Å². The molecule has 0 radical (unpaired) electrons. The molecule has 0 aromatic heterocycles. The van der Waals surface area contributed by atoms with E-state index in [9.17, 15) is 14.7 Å². The fraction of sp³-hybridized carbons (Fsp3) is 0.579. The Bertz CT molecular complexity index is 607. The number of nitrogens with one attached hydrogen (secondary N) is 2. The van der Waals surface area contributed by atoms with E-state index in [1.54, 1.807) is 18.2 Å². The molecule has 1 amide bonds. The van der Waals surface area contributed by atoms with Gasteiger partial charge in [-0.05, 0) is 38.4 Å². The minimum atomic E-state index is -1.17. The summed E-state index contributed by atoms with van der Waals surface area (Å²) in [6, 6.07) is 5.21. The number of benzene rings is 1. The lowest BCUT2D eigenvalue weighted by Crippen LogP contribution is -2.35. The summed E-state index contributed by atoms with van der Waals surface area (Å²) in [5.41, 5.74) is 0.946. The molecule has 0 aliphatic heterocycles. The maximum atomic E-state index is 11.8. The summed E-state index contributed by atoms with van der Waals surface area (Å²) >= 11 is 0. The average molecular weight is 396 g/mol. The molecule has 0 heterocycles. The Morgan fingerprint density at radius 1 is 1.25 bits per heavy atom. The third kappa shape index (κ3) is 12.5. The molecule has 0 spiro atoms. The summed E-state index contributed by atoms with van der Waals surface area (Å²) in [5, 5.41) is 31.0. The number of rotatable bonds is 10. The molecule has 9 heteroatoms. The SMILES string of the molecule is CB(O)O.CCCC(=O)Nc1ccc(OCC(O)CNC(C)C)c(C(C)=O)c1. The van der Waals surface area contributed by atoms with Crippen LogP contribution >= 0.6 is 0 Å². The Hall–Kier alpha value is -1.94. The van der Waals surface area contributed by atoms with Crippen LogP contribution in [-0.2, 0) is 4.79 Å².